The van der Waals surface area contributed by atoms with Crippen LogP contribution < -0.4 is 0 Å². The summed E-state index contributed by atoms with van der Waals surface area (Å²) in [7, 11) is 2.23. The molecule has 1 saturated heterocycles. The van der Waals surface area contributed by atoms with E-state index in [4.69, 9.17) is 4.74 Å². The molecule has 0 bridgehead atoms. The van der Waals surface area contributed by atoms with Gasteiger partial charge in [0, 0.05) is 38.3 Å². The highest BCUT2D eigenvalue weighted by Crippen LogP contribution is 2.51. The third-order valence-electron chi connectivity index (χ3n) is 8.45. The van der Waals surface area contributed by atoms with Gasteiger partial charge in [-0.15, -0.1) is 0 Å². The number of rotatable bonds is 8. The van der Waals surface area contributed by atoms with Crippen LogP contribution in [-0.2, 0) is 10.3 Å². The van der Waals surface area contributed by atoms with Gasteiger partial charge in [-0.05, 0) is 64.5 Å². The van der Waals surface area contributed by atoms with Crippen LogP contribution in [0.3, 0.4) is 0 Å². The summed E-state index contributed by atoms with van der Waals surface area (Å²) in [5.41, 5.74) is 2.71. The molecule has 1 fully saturated rings. The van der Waals surface area contributed by atoms with E-state index in [1.165, 1.54) is 11.1 Å². The van der Waals surface area contributed by atoms with Crippen molar-refractivity contribution in [3.05, 3.63) is 35.4 Å². The monoisotopic (exact) mass is 402 g/mol. The van der Waals surface area contributed by atoms with Crippen molar-refractivity contribution in [3.63, 3.8) is 0 Å². The molecule has 0 unspecified atom stereocenters. The van der Waals surface area contributed by atoms with Crippen molar-refractivity contribution < 1.29 is 4.74 Å². The summed E-state index contributed by atoms with van der Waals surface area (Å²) in [5.74, 6) is 0. The fraction of sp³-hybridized carbons (Fsp3) is 0.769. The van der Waals surface area contributed by atoms with Crippen molar-refractivity contribution in [3.8, 4) is 0 Å². The fourth-order valence-corrected chi connectivity index (χ4v) is 4.50. The first kappa shape index (κ1) is 24.4. The SMILES string of the molecule is Cc1ccc(C(C)(C)OCCC(C)(C)C(C)(C)C(C)(C)N2CCN(C)CC2)cc1. The average molecular weight is 403 g/mol. The molecule has 0 spiro atoms. The zero-order chi connectivity index (χ0) is 22.1. The van der Waals surface area contributed by atoms with E-state index in [1.54, 1.807) is 0 Å². The summed E-state index contributed by atoms with van der Waals surface area (Å²) in [6.45, 7) is 26.5. The Morgan fingerprint density at radius 3 is 1.86 bits per heavy atom. The molecule has 166 valence electrons. The predicted octanol–water partition coefficient (Wildman–Crippen LogP) is 5.72. The minimum absolute atomic E-state index is 0.129. The van der Waals surface area contributed by atoms with Gasteiger partial charge in [0.25, 0.3) is 0 Å². The molecular formula is C26H46N2O. The molecule has 0 amide bonds. The second-order valence-electron chi connectivity index (χ2n) is 11.3. The second-order valence-corrected chi connectivity index (χ2v) is 11.3. The number of ether oxygens (including phenoxy) is 1. The van der Waals surface area contributed by atoms with Gasteiger partial charge in [0.15, 0.2) is 0 Å². The van der Waals surface area contributed by atoms with Crippen molar-refractivity contribution in [1.82, 2.24) is 9.80 Å². The first-order valence-electron chi connectivity index (χ1n) is 11.4. The topological polar surface area (TPSA) is 15.7 Å². The maximum absolute atomic E-state index is 6.44. The van der Waals surface area contributed by atoms with Gasteiger partial charge in [-0.2, -0.15) is 0 Å². The summed E-state index contributed by atoms with van der Waals surface area (Å²) in [4.78, 5) is 5.14. The highest BCUT2D eigenvalue weighted by atomic mass is 16.5. The van der Waals surface area contributed by atoms with Gasteiger partial charge in [0.2, 0.25) is 0 Å². The van der Waals surface area contributed by atoms with E-state index in [2.05, 4.69) is 103 Å². The number of nitrogens with zero attached hydrogens (tertiary/aromatic N) is 2. The molecule has 0 N–H and O–H groups in total. The van der Waals surface area contributed by atoms with Crippen LogP contribution in [0.15, 0.2) is 24.3 Å². The Hall–Kier alpha value is -0.900. The van der Waals surface area contributed by atoms with E-state index in [-0.39, 0.29) is 22.0 Å². The van der Waals surface area contributed by atoms with Crippen LogP contribution in [0.2, 0.25) is 0 Å². The minimum atomic E-state index is -0.263. The minimum Gasteiger partial charge on any atom is -0.371 e. The molecule has 29 heavy (non-hydrogen) atoms. The number of likely N-dealkylation sites (N-methyl/N-ethyl adjacent to an activating group) is 1. The summed E-state index contributed by atoms with van der Waals surface area (Å²) >= 11 is 0. The van der Waals surface area contributed by atoms with Crippen LogP contribution in [0.25, 0.3) is 0 Å². The molecule has 0 atom stereocenters. The first-order valence-corrected chi connectivity index (χ1v) is 11.4. The van der Waals surface area contributed by atoms with Crippen molar-refractivity contribution in [2.45, 2.75) is 79.9 Å². The molecule has 2 rings (SSSR count). The Balaban J connectivity index is 2.03. The van der Waals surface area contributed by atoms with Crippen molar-refractivity contribution >= 4 is 0 Å². The van der Waals surface area contributed by atoms with Gasteiger partial charge in [0.1, 0.15) is 0 Å². The highest BCUT2D eigenvalue weighted by Gasteiger charge is 2.50. The standard InChI is InChI=1S/C26H46N2O/c1-21-11-13-22(14-12-21)24(4,5)29-20-15-23(2,3)25(6,7)26(8,9)28-18-16-27(10)17-19-28/h11-14H,15-20H2,1-10H3. The fourth-order valence-electron chi connectivity index (χ4n) is 4.50. The van der Waals surface area contributed by atoms with E-state index in [9.17, 15) is 0 Å². The maximum atomic E-state index is 6.44. The highest BCUT2D eigenvalue weighted by molar-refractivity contribution is 5.25. The largest absolute Gasteiger partial charge is 0.371 e. The van der Waals surface area contributed by atoms with Crippen LogP contribution in [-0.4, -0.2) is 55.2 Å². The van der Waals surface area contributed by atoms with Gasteiger partial charge >= 0.3 is 0 Å². The summed E-state index contributed by atoms with van der Waals surface area (Å²) < 4.78 is 6.44. The van der Waals surface area contributed by atoms with E-state index >= 15 is 0 Å². The Morgan fingerprint density at radius 2 is 1.34 bits per heavy atom. The molecule has 1 aliphatic heterocycles. The molecule has 1 heterocycles. The summed E-state index contributed by atoms with van der Waals surface area (Å²) in [6.07, 6.45) is 1.05. The zero-order valence-corrected chi connectivity index (χ0v) is 20.9. The molecule has 0 aliphatic carbocycles. The third-order valence-corrected chi connectivity index (χ3v) is 8.45. The predicted molar refractivity (Wildman–Crippen MR) is 125 cm³/mol. The Bertz CT molecular complexity index is 650. The molecule has 3 heteroatoms. The van der Waals surface area contributed by atoms with Crippen molar-refractivity contribution in [2.75, 3.05) is 39.8 Å². The Labute approximate surface area is 180 Å². The van der Waals surface area contributed by atoms with Gasteiger partial charge in [-0.1, -0.05) is 57.5 Å². The quantitative estimate of drug-likeness (QED) is 0.553. The lowest BCUT2D eigenvalue weighted by Crippen LogP contribution is -2.63. The maximum Gasteiger partial charge on any atom is 0.0875 e. The van der Waals surface area contributed by atoms with Crippen LogP contribution in [0.4, 0.5) is 0 Å². The van der Waals surface area contributed by atoms with Gasteiger partial charge in [-0.3, -0.25) is 4.90 Å². The zero-order valence-electron chi connectivity index (χ0n) is 20.9. The first-order chi connectivity index (χ1) is 13.2. The van der Waals surface area contributed by atoms with Crippen molar-refractivity contribution in [2.24, 2.45) is 10.8 Å². The van der Waals surface area contributed by atoms with Crippen molar-refractivity contribution in [1.29, 1.82) is 0 Å². The Morgan fingerprint density at radius 1 is 0.828 bits per heavy atom. The van der Waals surface area contributed by atoms with Gasteiger partial charge in [0.05, 0.1) is 5.60 Å². The van der Waals surface area contributed by atoms with Gasteiger partial charge in [-0.25, -0.2) is 0 Å². The van der Waals surface area contributed by atoms with E-state index < -0.39 is 0 Å². The smallest absolute Gasteiger partial charge is 0.0875 e. The summed E-state index contributed by atoms with van der Waals surface area (Å²) in [5, 5.41) is 0. The van der Waals surface area contributed by atoms with E-state index in [1.807, 2.05) is 0 Å². The Kier molecular flexibility index (Phi) is 7.30. The lowest BCUT2D eigenvalue weighted by molar-refractivity contribution is -0.0990. The van der Waals surface area contributed by atoms with Crippen LogP contribution >= 0.6 is 0 Å². The summed E-state index contributed by atoms with van der Waals surface area (Å²) in [6, 6.07) is 8.74. The molecule has 1 aromatic rings. The molecular weight excluding hydrogens is 356 g/mol. The van der Waals surface area contributed by atoms with Gasteiger partial charge < -0.3 is 9.64 Å². The molecule has 0 aromatic heterocycles. The molecule has 1 aliphatic rings. The van der Waals surface area contributed by atoms with E-state index in [0.29, 0.717) is 0 Å². The van der Waals surface area contributed by atoms with Crippen LogP contribution in [0.1, 0.15) is 72.9 Å². The average Bonchev–Trinajstić information content (AvgIpc) is 2.61. The van der Waals surface area contributed by atoms with Crippen LogP contribution in [0, 0.1) is 17.8 Å². The number of hydrogen-bond donors (Lipinski definition) is 0. The lowest BCUT2D eigenvalue weighted by atomic mass is 9.56. The molecule has 0 radical (unpaired) electrons. The lowest BCUT2D eigenvalue weighted by Gasteiger charge is -2.58. The number of benzene rings is 1. The molecule has 1 aromatic carbocycles. The normalized spacial score (nSPS) is 18.3. The second kappa shape index (κ2) is 8.69. The van der Waals surface area contributed by atoms with E-state index in [0.717, 1.165) is 39.2 Å². The molecule has 0 saturated carbocycles. The van der Waals surface area contributed by atoms with Crippen LogP contribution in [0.5, 0.6) is 0 Å². The molecule has 3 nitrogen and oxygen atoms in total. The number of piperazine rings is 1. The number of aryl methyl sites for hydroxylation is 1. The third kappa shape index (κ3) is 5.24. The number of hydrogen-bond acceptors (Lipinski definition) is 3.